The van der Waals surface area contributed by atoms with Gasteiger partial charge in [-0.25, -0.2) is 0 Å². The van der Waals surface area contributed by atoms with E-state index in [4.69, 9.17) is 0 Å². The minimum atomic E-state index is 0.270. The van der Waals surface area contributed by atoms with Crippen molar-refractivity contribution in [3.8, 4) is 0 Å². The van der Waals surface area contributed by atoms with Crippen LogP contribution in [0, 0.1) is 0 Å². The maximum absolute atomic E-state index is 2.61. The summed E-state index contributed by atoms with van der Waals surface area (Å²) in [7, 11) is 0. The first-order valence-electron chi connectivity index (χ1n) is 11.2. The van der Waals surface area contributed by atoms with Crippen LogP contribution in [0.3, 0.4) is 0 Å². The standard InChI is InChI=1S/C28H23BN2/c1-18-19(2)30-25-16-9-17-26-27(25)29(23-14-8-12-21(18)28(23)30)22-13-6-7-15-24(22)31(26)20-10-4-3-5-11-20/h3-19H,1-2H3. The molecule has 0 bridgehead atoms. The number of anilines is 5. The molecule has 0 saturated carbocycles. The zero-order valence-corrected chi connectivity index (χ0v) is 17.8. The Bertz CT molecular complexity index is 1350. The van der Waals surface area contributed by atoms with Crippen molar-refractivity contribution in [2.45, 2.75) is 25.8 Å². The molecule has 0 spiro atoms. The van der Waals surface area contributed by atoms with Gasteiger partial charge in [-0.3, -0.25) is 0 Å². The Morgan fingerprint density at radius 2 is 1.32 bits per heavy atom. The molecule has 0 aromatic heterocycles. The molecule has 3 heterocycles. The van der Waals surface area contributed by atoms with Gasteiger partial charge in [0.05, 0.1) is 0 Å². The minimum absolute atomic E-state index is 0.270. The van der Waals surface area contributed by atoms with E-state index in [1.807, 2.05) is 0 Å². The van der Waals surface area contributed by atoms with Crippen LogP contribution < -0.4 is 26.2 Å². The van der Waals surface area contributed by atoms with Gasteiger partial charge in [-0.05, 0) is 59.2 Å². The van der Waals surface area contributed by atoms with Gasteiger partial charge in [0, 0.05) is 40.4 Å². The Labute approximate surface area is 183 Å². The van der Waals surface area contributed by atoms with E-state index < -0.39 is 0 Å². The fourth-order valence-corrected chi connectivity index (χ4v) is 6.13. The molecular formula is C28H23BN2. The van der Waals surface area contributed by atoms with Crippen LogP contribution >= 0.6 is 0 Å². The number of rotatable bonds is 1. The first-order valence-corrected chi connectivity index (χ1v) is 11.2. The predicted molar refractivity (Wildman–Crippen MR) is 132 cm³/mol. The smallest absolute Gasteiger partial charge is 0.252 e. The highest BCUT2D eigenvalue weighted by Crippen LogP contribution is 2.48. The van der Waals surface area contributed by atoms with Gasteiger partial charge >= 0.3 is 0 Å². The third-order valence-electron chi connectivity index (χ3n) is 7.62. The van der Waals surface area contributed by atoms with Crippen molar-refractivity contribution in [2.24, 2.45) is 0 Å². The maximum Gasteiger partial charge on any atom is 0.252 e. The molecule has 0 N–H and O–H groups in total. The zero-order chi connectivity index (χ0) is 20.7. The van der Waals surface area contributed by atoms with Crippen molar-refractivity contribution in [2.75, 3.05) is 9.80 Å². The van der Waals surface area contributed by atoms with E-state index >= 15 is 0 Å². The summed E-state index contributed by atoms with van der Waals surface area (Å²) in [4.78, 5) is 5.06. The largest absolute Gasteiger partial charge is 0.339 e. The lowest BCUT2D eigenvalue weighted by Crippen LogP contribution is -2.62. The van der Waals surface area contributed by atoms with E-state index in [0.29, 0.717) is 12.0 Å². The molecule has 0 amide bonds. The molecule has 4 aromatic rings. The minimum Gasteiger partial charge on any atom is -0.339 e. The molecule has 0 aliphatic carbocycles. The highest BCUT2D eigenvalue weighted by Gasteiger charge is 2.47. The third kappa shape index (κ3) is 2.09. The number of hydrogen-bond acceptors (Lipinski definition) is 2. The van der Waals surface area contributed by atoms with Gasteiger partial charge in [0.25, 0.3) is 6.71 Å². The van der Waals surface area contributed by atoms with Gasteiger partial charge in [-0.1, -0.05) is 67.6 Å². The molecule has 31 heavy (non-hydrogen) atoms. The fourth-order valence-electron chi connectivity index (χ4n) is 6.13. The number of hydrogen-bond donors (Lipinski definition) is 0. The molecule has 0 fully saturated rings. The van der Waals surface area contributed by atoms with E-state index in [1.165, 1.54) is 50.4 Å². The molecule has 0 radical (unpaired) electrons. The fraction of sp³-hybridized carbons (Fsp3) is 0.143. The maximum atomic E-state index is 2.61. The summed E-state index contributed by atoms with van der Waals surface area (Å²) in [6.07, 6.45) is 0. The SMILES string of the molecule is CC1c2cccc3c2N(c2cccc4c2B3c2ccccc2N4c2ccccc2)C1C. The van der Waals surface area contributed by atoms with Crippen LogP contribution in [0.4, 0.5) is 28.4 Å². The lowest BCUT2D eigenvalue weighted by molar-refractivity contribution is 0.643. The Balaban J connectivity index is 1.60. The number of benzene rings is 4. The predicted octanol–water partition coefficient (Wildman–Crippen LogP) is 4.94. The summed E-state index contributed by atoms with van der Waals surface area (Å²) in [5, 5.41) is 0. The first kappa shape index (κ1) is 17.2. The average Bonchev–Trinajstić information content (AvgIpc) is 3.08. The van der Waals surface area contributed by atoms with Crippen molar-refractivity contribution in [3.05, 3.63) is 96.6 Å². The van der Waals surface area contributed by atoms with Gasteiger partial charge in [-0.2, -0.15) is 0 Å². The molecule has 3 aliphatic heterocycles. The second kappa shape index (κ2) is 6.04. The van der Waals surface area contributed by atoms with Crippen molar-refractivity contribution in [1.29, 1.82) is 0 Å². The van der Waals surface area contributed by atoms with Crippen molar-refractivity contribution >= 4 is 51.5 Å². The summed E-state index contributed by atoms with van der Waals surface area (Å²) in [5.41, 5.74) is 12.4. The van der Waals surface area contributed by atoms with Crippen LogP contribution in [0.1, 0.15) is 25.3 Å². The van der Waals surface area contributed by atoms with Crippen LogP contribution in [0.5, 0.6) is 0 Å². The van der Waals surface area contributed by atoms with Gasteiger partial charge in [0.15, 0.2) is 0 Å². The lowest BCUT2D eigenvalue weighted by atomic mass is 9.33. The molecule has 148 valence electrons. The van der Waals surface area contributed by atoms with Gasteiger partial charge in [0.1, 0.15) is 0 Å². The summed E-state index contributed by atoms with van der Waals surface area (Å²) in [6.45, 7) is 5.02. The molecule has 7 rings (SSSR count). The molecule has 2 unspecified atom stereocenters. The van der Waals surface area contributed by atoms with Crippen LogP contribution in [-0.2, 0) is 0 Å². The quantitative estimate of drug-likeness (QED) is 0.369. The van der Waals surface area contributed by atoms with Gasteiger partial charge in [0.2, 0.25) is 0 Å². The zero-order valence-electron chi connectivity index (χ0n) is 17.8. The number of para-hydroxylation sites is 3. The van der Waals surface area contributed by atoms with Gasteiger partial charge < -0.3 is 9.80 Å². The van der Waals surface area contributed by atoms with Crippen LogP contribution in [0.2, 0.25) is 0 Å². The summed E-state index contributed by atoms with van der Waals surface area (Å²) < 4.78 is 0. The van der Waals surface area contributed by atoms with E-state index in [0.717, 1.165) is 0 Å². The number of fused-ring (bicyclic) bond motifs is 4. The first-order chi connectivity index (χ1) is 15.3. The van der Waals surface area contributed by atoms with Gasteiger partial charge in [-0.15, -0.1) is 0 Å². The van der Waals surface area contributed by atoms with Crippen molar-refractivity contribution in [1.82, 2.24) is 0 Å². The normalized spacial score (nSPS) is 19.7. The van der Waals surface area contributed by atoms with E-state index in [2.05, 4.69) is 115 Å². The molecule has 0 saturated heterocycles. The van der Waals surface area contributed by atoms with Crippen molar-refractivity contribution in [3.63, 3.8) is 0 Å². The third-order valence-corrected chi connectivity index (χ3v) is 7.62. The highest BCUT2D eigenvalue weighted by molar-refractivity contribution is 7.00. The van der Waals surface area contributed by atoms with E-state index in [-0.39, 0.29) is 6.71 Å². The molecule has 2 nitrogen and oxygen atoms in total. The summed E-state index contributed by atoms with van der Waals surface area (Å²) in [6, 6.07) is 34.0. The molecule has 3 aliphatic rings. The lowest BCUT2D eigenvalue weighted by Gasteiger charge is -2.44. The second-order valence-electron chi connectivity index (χ2n) is 9.06. The topological polar surface area (TPSA) is 6.48 Å². The monoisotopic (exact) mass is 398 g/mol. The van der Waals surface area contributed by atoms with Crippen LogP contribution in [-0.4, -0.2) is 12.8 Å². The van der Waals surface area contributed by atoms with Crippen molar-refractivity contribution < 1.29 is 0 Å². The summed E-state index contributed by atoms with van der Waals surface area (Å²) in [5.74, 6) is 0.520. The highest BCUT2D eigenvalue weighted by atomic mass is 15.2. The Morgan fingerprint density at radius 3 is 2.19 bits per heavy atom. The Morgan fingerprint density at radius 1 is 0.645 bits per heavy atom. The van der Waals surface area contributed by atoms with Crippen LogP contribution in [0.15, 0.2) is 91.0 Å². The van der Waals surface area contributed by atoms with E-state index in [9.17, 15) is 0 Å². The molecule has 3 heteroatoms. The Hall–Kier alpha value is -3.46. The molecule has 4 aromatic carbocycles. The summed E-state index contributed by atoms with van der Waals surface area (Å²) >= 11 is 0. The Kier molecular flexibility index (Phi) is 3.36. The molecule has 2 atom stereocenters. The van der Waals surface area contributed by atoms with Crippen LogP contribution in [0.25, 0.3) is 0 Å². The van der Waals surface area contributed by atoms with E-state index in [1.54, 1.807) is 0 Å². The number of nitrogens with zero attached hydrogens (tertiary/aromatic N) is 2. The average molecular weight is 398 g/mol. The molecular weight excluding hydrogens is 375 g/mol. The second-order valence-corrected chi connectivity index (χ2v) is 9.06.